The lowest BCUT2D eigenvalue weighted by Crippen LogP contribution is -2.42. The molecule has 4 rings (SSSR count). The van der Waals surface area contributed by atoms with Gasteiger partial charge in [0.2, 0.25) is 0 Å². The van der Waals surface area contributed by atoms with Gasteiger partial charge in [0.15, 0.2) is 5.82 Å². The predicted molar refractivity (Wildman–Crippen MR) is 104 cm³/mol. The summed E-state index contributed by atoms with van der Waals surface area (Å²) in [4.78, 5) is 56.4. The molecule has 8 nitrogen and oxygen atoms in total. The van der Waals surface area contributed by atoms with Gasteiger partial charge in [-0.1, -0.05) is 17.2 Å². The second-order valence-corrected chi connectivity index (χ2v) is 7.23. The Morgan fingerprint density at radius 2 is 1.67 bits per heavy atom. The first-order chi connectivity index (χ1) is 14.4. The number of hydroxylamine groups is 2. The van der Waals surface area contributed by atoms with Crippen LogP contribution in [0, 0.1) is 11.7 Å². The lowest BCUT2D eigenvalue weighted by atomic mass is 9.97. The summed E-state index contributed by atoms with van der Waals surface area (Å²) in [6.45, 7) is 2.78. The molecule has 2 amide bonds. The lowest BCUT2D eigenvalue weighted by molar-refractivity contribution is -0.174. The number of aromatic nitrogens is 1. The number of anilines is 1. The van der Waals surface area contributed by atoms with Crippen LogP contribution in [-0.4, -0.2) is 40.5 Å². The molecule has 3 heterocycles. The van der Waals surface area contributed by atoms with Gasteiger partial charge in [-0.15, -0.1) is 0 Å². The van der Waals surface area contributed by atoms with Crippen molar-refractivity contribution >= 4 is 23.5 Å². The number of pyridine rings is 1. The summed E-state index contributed by atoms with van der Waals surface area (Å²) in [7, 11) is 0. The maximum Gasteiger partial charge on any atom is 0.336 e. The number of rotatable bonds is 4. The Labute approximate surface area is 171 Å². The molecular weight excluding hydrogens is 393 g/mol. The Balaban J connectivity index is 1.42. The Bertz CT molecular complexity index is 1050. The quantitative estimate of drug-likeness (QED) is 0.713. The third-order valence-electron chi connectivity index (χ3n) is 5.51. The van der Waals surface area contributed by atoms with E-state index in [9.17, 15) is 23.6 Å². The molecule has 2 aromatic rings. The molecule has 0 spiro atoms. The summed E-state index contributed by atoms with van der Waals surface area (Å²) in [5.74, 6) is -3.20. The zero-order valence-electron chi connectivity index (χ0n) is 16.3. The summed E-state index contributed by atoms with van der Waals surface area (Å²) in [6, 6.07) is 7.50. The Kier molecular flexibility index (Phi) is 5.11. The van der Waals surface area contributed by atoms with E-state index in [1.165, 1.54) is 29.0 Å². The number of fused-ring (bicyclic) bond motifs is 1. The van der Waals surface area contributed by atoms with Crippen LogP contribution < -0.4 is 10.5 Å². The van der Waals surface area contributed by atoms with Crippen molar-refractivity contribution in [2.45, 2.75) is 26.3 Å². The topological polar surface area (TPSA) is 88.9 Å². The summed E-state index contributed by atoms with van der Waals surface area (Å²) in [5.41, 5.74) is -0.0372. The molecule has 2 aliphatic rings. The predicted octanol–water partition coefficient (Wildman–Crippen LogP) is 1.98. The van der Waals surface area contributed by atoms with Crippen molar-refractivity contribution in [2.24, 2.45) is 5.92 Å². The van der Waals surface area contributed by atoms with Gasteiger partial charge >= 0.3 is 5.97 Å². The van der Waals surface area contributed by atoms with Gasteiger partial charge in [-0.2, -0.15) is 0 Å². The van der Waals surface area contributed by atoms with Crippen molar-refractivity contribution in [3.05, 3.63) is 63.8 Å². The molecule has 0 saturated carbocycles. The maximum absolute atomic E-state index is 14.3. The first kappa shape index (κ1) is 19.8. The fraction of sp³-hybridized carbons (Fsp3) is 0.333. The standard InChI is InChI=1S/C21H20FN3O5/c1-2-23-12-9-16(22)17(20(23)28)24-10-7-13(8-11-24)21(29)30-25-18(26)14-5-3-4-6-15(14)19(25)27/h3-6,9,12-13H,2,7-8,10-11H2,1H3. The molecule has 30 heavy (non-hydrogen) atoms. The van der Waals surface area contributed by atoms with Crippen LogP contribution in [-0.2, 0) is 16.2 Å². The average molecular weight is 413 g/mol. The third kappa shape index (κ3) is 3.26. The number of halogens is 1. The molecule has 0 bridgehead atoms. The number of benzene rings is 1. The highest BCUT2D eigenvalue weighted by Gasteiger charge is 2.40. The Hall–Kier alpha value is -3.49. The minimum Gasteiger partial charge on any atom is -0.365 e. The van der Waals surface area contributed by atoms with E-state index in [2.05, 4.69) is 0 Å². The number of amides is 2. The largest absolute Gasteiger partial charge is 0.365 e. The minimum atomic E-state index is -0.691. The van der Waals surface area contributed by atoms with Crippen LogP contribution in [0.15, 0.2) is 41.3 Å². The van der Waals surface area contributed by atoms with Crippen LogP contribution in [0.1, 0.15) is 40.5 Å². The summed E-state index contributed by atoms with van der Waals surface area (Å²) >= 11 is 0. The van der Waals surface area contributed by atoms with E-state index in [4.69, 9.17) is 4.84 Å². The van der Waals surface area contributed by atoms with E-state index >= 15 is 0 Å². The van der Waals surface area contributed by atoms with E-state index in [0.29, 0.717) is 24.4 Å². The molecule has 0 radical (unpaired) electrons. The van der Waals surface area contributed by atoms with Gasteiger partial charge in [0, 0.05) is 25.8 Å². The SMILES string of the molecule is CCn1ccc(F)c(N2CCC(C(=O)ON3C(=O)c4ccccc4C3=O)CC2)c1=O. The summed E-state index contributed by atoms with van der Waals surface area (Å²) in [5, 5.41) is 0.496. The number of hydrogen-bond donors (Lipinski definition) is 0. The van der Waals surface area contributed by atoms with Crippen molar-refractivity contribution in [2.75, 3.05) is 18.0 Å². The van der Waals surface area contributed by atoms with Gasteiger partial charge < -0.3 is 14.3 Å². The van der Waals surface area contributed by atoms with Gasteiger partial charge in [-0.05, 0) is 38.0 Å². The lowest BCUT2D eigenvalue weighted by Gasteiger charge is -2.32. The molecule has 1 aromatic carbocycles. The van der Waals surface area contributed by atoms with Gasteiger partial charge in [0.25, 0.3) is 17.4 Å². The van der Waals surface area contributed by atoms with Crippen molar-refractivity contribution in [1.29, 1.82) is 0 Å². The molecule has 2 aliphatic heterocycles. The molecule has 1 saturated heterocycles. The zero-order valence-corrected chi connectivity index (χ0v) is 16.3. The number of aryl methyl sites for hydroxylation is 1. The van der Waals surface area contributed by atoms with Crippen molar-refractivity contribution < 1.29 is 23.6 Å². The molecule has 0 atom stereocenters. The number of carbonyl (C=O) groups excluding carboxylic acids is 3. The van der Waals surface area contributed by atoms with Crippen LogP contribution in [0.4, 0.5) is 10.1 Å². The first-order valence-corrected chi connectivity index (χ1v) is 9.76. The van der Waals surface area contributed by atoms with Crippen LogP contribution in [0.2, 0.25) is 0 Å². The van der Waals surface area contributed by atoms with Crippen molar-refractivity contribution in [3.63, 3.8) is 0 Å². The van der Waals surface area contributed by atoms with Crippen LogP contribution in [0.25, 0.3) is 0 Å². The number of piperidine rings is 1. The molecule has 156 valence electrons. The molecule has 1 aromatic heterocycles. The minimum absolute atomic E-state index is 0.00786. The Morgan fingerprint density at radius 3 is 2.23 bits per heavy atom. The van der Waals surface area contributed by atoms with Crippen LogP contribution >= 0.6 is 0 Å². The molecule has 0 unspecified atom stereocenters. The maximum atomic E-state index is 14.3. The highest BCUT2D eigenvalue weighted by atomic mass is 19.1. The monoisotopic (exact) mass is 413 g/mol. The second kappa shape index (κ2) is 7.74. The van der Waals surface area contributed by atoms with Gasteiger partial charge in [0.05, 0.1) is 17.0 Å². The number of nitrogens with zero attached hydrogens (tertiary/aromatic N) is 3. The van der Waals surface area contributed by atoms with Crippen LogP contribution in [0.3, 0.4) is 0 Å². The molecular formula is C21H20FN3O5. The van der Waals surface area contributed by atoms with E-state index in [1.54, 1.807) is 24.0 Å². The van der Waals surface area contributed by atoms with Gasteiger partial charge in [-0.25, -0.2) is 9.18 Å². The van der Waals surface area contributed by atoms with Crippen LogP contribution in [0.5, 0.6) is 0 Å². The van der Waals surface area contributed by atoms with E-state index in [-0.39, 0.29) is 29.9 Å². The van der Waals surface area contributed by atoms with E-state index < -0.39 is 35.1 Å². The third-order valence-corrected chi connectivity index (χ3v) is 5.51. The first-order valence-electron chi connectivity index (χ1n) is 9.76. The summed E-state index contributed by atoms with van der Waals surface area (Å²) < 4.78 is 15.7. The van der Waals surface area contributed by atoms with Gasteiger partial charge in [-0.3, -0.25) is 14.4 Å². The highest BCUT2D eigenvalue weighted by Crippen LogP contribution is 2.27. The fourth-order valence-electron chi connectivity index (χ4n) is 3.83. The zero-order chi connectivity index (χ0) is 21.4. The molecule has 0 aliphatic carbocycles. The number of hydrogen-bond acceptors (Lipinski definition) is 6. The second-order valence-electron chi connectivity index (χ2n) is 7.23. The molecule has 9 heteroatoms. The summed E-state index contributed by atoms with van der Waals surface area (Å²) in [6.07, 6.45) is 2.02. The van der Waals surface area contributed by atoms with Gasteiger partial charge in [0.1, 0.15) is 5.69 Å². The van der Waals surface area contributed by atoms with E-state index in [0.717, 1.165) is 0 Å². The smallest absolute Gasteiger partial charge is 0.336 e. The molecule has 1 fully saturated rings. The number of carbonyl (C=O) groups is 3. The van der Waals surface area contributed by atoms with E-state index in [1.807, 2.05) is 0 Å². The highest BCUT2D eigenvalue weighted by molar-refractivity contribution is 6.20. The molecule has 0 N–H and O–H groups in total. The van der Waals surface area contributed by atoms with Crippen molar-refractivity contribution in [3.8, 4) is 0 Å². The normalized spacial score (nSPS) is 16.7. The Morgan fingerprint density at radius 1 is 1.07 bits per heavy atom. The fourth-order valence-corrected chi connectivity index (χ4v) is 3.83. The average Bonchev–Trinajstić information content (AvgIpc) is 2.99. The van der Waals surface area contributed by atoms with Crippen molar-refractivity contribution in [1.82, 2.24) is 9.63 Å². The number of imide groups is 1.